The van der Waals surface area contributed by atoms with Crippen LogP contribution in [0.2, 0.25) is 10.0 Å². The van der Waals surface area contributed by atoms with Gasteiger partial charge in [0.05, 0.1) is 28.7 Å². The molecule has 1 aromatic rings. The zero-order chi connectivity index (χ0) is 14.8. The average Bonchev–Trinajstić information content (AvgIpc) is 2.72. The molecule has 0 bridgehead atoms. The summed E-state index contributed by atoms with van der Waals surface area (Å²) in [6.07, 6.45) is 1.73. The molecule has 8 heteroatoms. The Morgan fingerprint density at radius 1 is 1.40 bits per heavy atom. The van der Waals surface area contributed by atoms with Crippen molar-refractivity contribution in [3.05, 3.63) is 33.8 Å². The number of carbonyl (C=O) groups excluding carboxylic acids is 1. The number of rotatable bonds is 3. The summed E-state index contributed by atoms with van der Waals surface area (Å²) in [6, 6.07) is 4.89. The van der Waals surface area contributed by atoms with Gasteiger partial charge in [-0.3, -0.25) is 4.79 Å². The summed E-state index contributed by atoms with van der Waals surface area (Å²) in [5.74, 6) is -0.987. The first-order chi connectivity index (χ1) is 9.37. The van der Waals surface area contributed by atoms with E-state index in [0.29, 0.717) is 22.0 Å². The van der Waals surface area contributed by atoms with Gasteiger partial charge in [-0.05, 0) is 18.6 Å². The topological polar surface area (TPSA) is 75.6 Å². The molecule has 1 saturated heterocycles. The number of sulfone groups is 1. The summed E-state index contributed by atoms with van der Waals surface area (Å²) < 4.78 is 22.5. The van der Waals surface area contributed by atoms with Crippen LogP contribution in [0, 0.1) is 5.92 Å². The van der Waals surface area contributed by atoms with E-state index >= 15 is 0 Å². The van der Waals surface area contributed by atoms with Gasteiger partial charge in [0.1, 0.15) is 0 Å². The molecule has 1 aliphatic heterocycles. The van der Waals surface area contributed by atoms with Gasteiger partial charge in [0, 0.05) is 10.6 Å². The van der Waals surface area contributed by atoms with Crippen molar-refractivity contribution in [2.75, 3.05) is 11.5 Å². The molecule has 1 atom stereocenters. The minimum atomic E-state index is -3.08. The minimum Gasteiger partial charge on any atom is -0.273 e. The van der Waals surface area contributed by atoms with E-state index < -0.39 is 21.7 Å². The van der Waals surface area contributed by atoms with Gasteiger partial charge in [-0.15, -0.1) is 0 Å². The smallest absolute Gasteiger partial charge is 0.244 e. The average molecular weight is 335 g/mol. The predicted molar refractivity (Wildman–Crippen MR) is 79.0 cm³/mol. The number of hydrogen-bond donors (Lipinski definition) is 1. The van der Waals surface area contributed by atoms with Crippen LogP contribution in [0.3, 0.4) is 0 Å². The van der Waals surface area contributed by atoms with Crippen molar-refractivity contribution >= 4 is 45.2 Å². The van der Waals surface area contributed by atoms with Gasteiger partial charge in [0.15, 0.2) is 9.84 Å². The Kier molecular flexibility index (Phi) is 4.67. The summed E-state index contributed by atoms with van der Waals surface area (Å²) in [5, 5.41) is 4.70. The van der Waals surface area contributed by atoms with Crippen LogP contribution in [0.25, 0.3) is 0 Å². The number of carbonyl (C=O) groups is 1. The lowest BCUT2D eigenvalue weighted by atomic mass is 10.1. The molecule has 1 aliphatic rings. The second-order valence-corrected chi connectivity index (χ2v) is 7.57. The van der Waals surface area contributed by atoms with Gasteiger partial charge in [0.25, 0.3) is 0 Å². The number of halogens is 2. The fourth-order valence-corrected chi connectivity index (χ4v) is 4.06. The van der Waals surface area contributed by atoms with E-state index in [4.69, 9.17) is 23.2 Å². The third kappa shape index (κ3) is 3.94. The summed E-state index contributed by atoms with van der Waals surface area (Å²) in [4.78, 5) is 11.7. The summed E-state index contributed by atoms with van der Waals surface area (Å²) in [6.45, 7) is 0. The van der Waals surface area contributed by atoms with Gasteiger partial charge in [0.2, 0.25) is 5.91 Å². The molecule has 5 nitrogen and oxygen atoms in total. The minimum absolute atomic E-state index is 0.0534. The molecule has 108 valence electrons. The third-order valence-electron chi connectivity index (χ3n) is 2.94. The van der Waals surface area contributed by atoms with Crippen molar-refractivity contribution in [1.82, 2.24) is 5.43 Å². The highest BCUT2D eigenvalue weighted by Gasteiger charge is 2.32. The molecule has 0 unspecified atom stereocenters. The molecular weight excluding hydrogens is 323 g/mol. The molecule has 0 aliphatic carbocycles. The molecule has 1 fully saturated rings. The number of benzene rings is 1. The maximum atomic E-state index is 11.7. The number of hydrazone groups is 1. The van der Waals surface area contributed by atoms with Crippen LogP contribution in [0.15, 0.2) is 23.3 Å². The summed E-state index contributed by atoms with van der Waals surface area (Å²) in [5.41, 5.74) is 2.93. The Morgan fingerprint density at radius 3 is 2.75 bits per heavy atom. The molecule has 0 spiro atoms. The third-order valence-corrected chi connectivity index (χ3v) is 5.27. The largest absolute Gasteiger partial charge is 0.273 e. The Morgan fingerprint density at radius 2 is 2.15 bits per heavy atom. The molecule has 0 saturated carbocycles. The summed E-state index contributed by atoms with van der Waals surface area (Å²) >= 11 is 11.7. The molecule has 1 heterocycles. The van der Waals surface area contributed by atoms with Crippen LogP contribution in [-0.4, -0.2) is 32.0 Å². The van der Waals surface area contributed by atoms with Crippen molar-refractivity contribution in [3.63, 3.8) is 0 Å². The molecule has 1 amide bonds. The Labute approximate surface area is 126 Å². The molecule has 0 aromatic heterocycles. The highest BCUT2D eigenvalue weighted by Crippen LogP contribution is 2.20. The first kappa shape index (κ1) is 15.3. The molecule has 2 rings (SSSR count). The number of hydrogen-bond acceptors (Lipinski definition) is 4. The highest BCUT2D eigenvalue weighted by molar-refractivity contribution is 7.91. The van der Waals surface area contributed by atoms with Crippen molar-refractivity contribution in [1.29, 1.82) is 0 Å². The second kappa shape index (κ2) is 6.11. The van der Waals surface area contributed by atoms with Crippen molar-refractivity contribution in [3.8, 4) is 0 Å². The highest BCUT2D eigenvalue weighted by atomic mass is 35.5. The van der Waals surface area contributed by atoms with Gasteiger partial charge < -0.3 is 0 Å². The second-order valence-electron chi connectivity index (χ2n) is 4.50. The Hall–Kier alpha value is -1.11. The van der Waals surface area contributed by atoms with Crippen LogP contribution in [0.1, 0.15) is 12.0 Å². The quantitative estimate of drug-likeness (QED) is 0.677. The van der Waals surface area contributed by atoms with E-state index in [1.807, 2.05) is 0 Å². The fourth-order valence-electron chi connectivity index (χ4n) is 1.86. The van der Waals surface area contributed by atoms with E-state index in [1.165, 1.54) is 6.21 Å². The lowest BCUT2D eigenvalue weighted by Crippen LogP contribution is -2.27. The Bertz CT molecular complexity index is 659. The maximum Gasteiger partial charge on any atom is 0.244 e. The number of nitrogens with one attached hydrogen (secondary N) is 1. The first-order valence-corrected chi connectivity index (χ1v) is 8.43. The first-order valence-electron chi connectivity index (χ1n) is 5.86. The zero-order valence-electron chi connectivity index (χ0n) is 10.3. The van der Waals surface area contributed by atoms with Crippen molar-refractivity contribution in [2.24, 2.45) is 11.0 Å². The van der Waals surface area contributed by atoms with Crippen LogP contribution >= 0.6 is 23.2 Å². The molecule has 1 aromatic carbocycles. The number of nitrogens with zero attached hydrogens (tertiary/aromatic N) is 1. The van der Waals surface area contributed by atoms with E-state index in [1.54, 1.807) is 18.2 Å². The molecule has 0 radical (unpaired) electrons. The zero-order valence-corrected chi connectivity index (χ0v) is 12.7. The van der Waals surface area contributed by atoms with E-state index in [2.05, 4.69) is 10.5 Å². The lowest BCUT2D eigenvalue weighted by Gasteiger charge is -2.04. The van der Waals surface area contributed by atoms with Crippen molar-refractivity contribution in [2.45, 2.75) is 6.42 Å². The van der Waals surface area contributed by atoms with Crippen molar-refractivity contribution < 1.29 is 13.2 Å². The van der Waals surface area contributed by atoms with Gasteiger partial charge >= 0.3 is 0 Å². The SMILES string of the molecule is O=C(N/N=C\c1ccc(Cl)cc1Cl)[C@H]1CCS(=O)(=O)C1. The van der Waals surface area contributed by atoms with Gasteiger partial charge in [-0.25, -0.2) is 13.8 Å². The standard InChI is InChI=1S/C12H12Cl2N2O3S/c13-10-2-1-8(11(14)5-10)6-15-16-12(17)9-3-4-20(18,19)7-9/h1-2,5-6,9H,3-4,7H2,(H,16,17)/b15-6-/t9-/m0/s1. The van der Waals surface area contributed by atoms with E-state index in [0.717, 1.165) is 0 Å². The Balaban J connectivity index is 1.95. The molecule has 20 heavy (non-hydrogen) atoms. The van der Waals surface area contributed by atoms with Crippen LogP contribution in [-0.2, 0) is 14.6 Å². The normalized spacial score (nSPS) is 21.2. The van der Waals surface area contributed by atoms with Crippen LogP contribution in [0.4, 0.5) is 0 Å². The summed E-state index contributed by atoms with van der Waals surface area (Å²) in [7, 11) is -3.08. The monoisotopic (exact) mass is 334 g/mol. The lowest BCUT2D eigenvalue weighted by molar-refractivity contribution is -0.124. The van der Waals surface area contributed by atoms with E-state index in [9.17, 15) is 13.2 Å². The van der Waals surface area contributed by atoms with Crippen LogP contribution in [0.5, 0.6) is 0 Å². The predicted octanol–water partition coefficient (Wildman–Crippen LogP) is 1.88. The van der Waals surface area contributed by atoms with Gasteiger partial charge in [-0.2, -0.15) is 5.10 Å². The fraction of sp³-hybridized carbons (Fsp3) is 0.333. The maximum absolute atomic E-state index is 11.7. The van der Waals surface area contributed by atoms with Crippen LogP contribution < -0.4 is 5.43 Å². The number of amides is 1. The van der Waals surface area contributed by atoms with Gasteiger partial charge in [-0.1, -0.05) is 29.3 Å². The molecule has 1 N–H and O–H groups in total. The molecular formula is C12H12Cl2N2O3S. The van der Waals surface area contributed by atoms with E-state index in [-0.39, 0.29) is 11.5 Å².